The zero-order valence-corrected chi connectivity index (χ0v) is 24.1. The van der Waals surface area contributed by atoms with Gasteiger partial charge in [0.15, 0.2) is 23.0 Å². The maximum absolute atomic E-state index is 13.4. The van der Waals surface area contributed by atoms with E-state index in [1.165, 1.54) is 48.8 Å². The third kappa shape index (κ3) is 8.79. The third-order valence-electron chi connectivity index (χ3n) is 6.89. The van der Waals surface area contributed by atoms with E-state index in [4.69, 9.17) is 37.4 Å². The number of rotatable bonds is 15. The van der Waals surface area contributed by atoms with Crippen LogP contribution in [0.4, 0.5) is 17.6 Å². The van der Waals surface area contributed by atoms with Crippen molar-refractivity contribution in [1.29, 1.82) is 0 Å². The topological polar surface area (TPSA) is 76.1 Å². The third-order valence-corrected chi connectivity index (χ3v) is 7.54. The molecule has 13 heteroatoms. The molecular formula is C30H27Cl2F4NO6. The van der Waals surface area contributed by atoms with E-state index < -0.39 is 25.3 Å². The second-order valence-electron chi connectivity index (χ2n) is 10.3. The van der Waals surface area contributed by atoms with Crippen LogP contribution in [0.3, 0.4) is 0 Å². The highest BCUT2D eigenvalue weighted by Gasteiger charge is 2.27. The first-order chi connectivity index (χ1) is 20.7. The molecule has 1 heterocycles. The Bertz CT molecular complexity index is 1420. The minimum Gasteiger partial charge on any atom is -0.489 e. The number of halogens is 6. The maximum atomic E-state index is 13.4. The first-order valence-electron chi connectivity index (χ1n) is 13.6. The summed E-state index contributed by atoms with van der Waals surface area (Å²) in [6, 6.07) is 7.99. The van der Waals surface area contributed by atoms with Gasteiger partial charge >= 0.3 is 19.2 Å². The number of nitrogens with zero attached hydrogens (tertiary/aromatic N) is 1. The molecule has 1 aromatic heterocycles. The molecule has 5 rings (SSSR count). The SMILES string of the molecule is O=C(O[C@H](Cc1c(Cl)cncc1Cl)c1ccc(OC(F)F)c(OCC2CC2)c1)c1ccc(OC(F)F)c(OCC2CC2)c1. The van der Waals surface area contributed by atoms with Gasteiger partial charge in [0.25, 0.3) is 0 Å². The molecule has 2 aromatic carbocycles. The Morgan fingerprint density at radius 3 is 1.86 bits per heavy atom. The number of ether oxygens (including phenoxy) is 5. The number of esters is 1. The Hall–Kier alpha value is -3.44. The van der Waals surface area contributed by atoms with Gasteiger partial charge in [0, 0.05) is 18.8 Å². The molecule has 2 aliphatic rings. The lowest BCUT2D eigenvalue weighted by Crippen LogP contribution is -2.16. The number of carbonyl (C=O) groups is 1. The number of carbonyl (C=O) groups excluding carboxylic acids is 1. The van der Waals surface area contributed by atoms with Crippen LogP contribution < -0.4 is 18.9 Å². The summed E-state index contributed by atoms with van der Waals surface area (Å²) in [5.74, 6) is -0.547. The van der Waals surface area contributed by atoms with Crippen LogP contribution in [0.15, 0.2) is 48.8 Å². The van der Waals surface area contributed by atoms with E-state index in [-0.39, 0.29) is 51.6 Å². The van der Waals surface area contributed by atoms with Gasteiger partial charge in [-0.2, -0.15) is 17.6 Å². The van der Waals surface area contributed by atoms with Crippen LogP contribution in [0.5, 0.6) is 23.0 Å². The summed E-state index contributed by atoms with van der Waals surface area (Å²) in [7, 11) is 0. The van der Waals surface area contributed by atoms with Crippen molar-refractivity contribution in [2.75, 3.05) is 13.2 Å². The first-order valence-corrected chi connectivity index (χ1v) is 14.3. The van der Waals surface area contributed by atoms with Crippen LogP contribution in [-0.4, -0.2) is 37.4 Å². The summed E-state index contributed by atoms with van der Waals surface area (Å²) in [6.07, 6.45) is 5.58. The molecule has 7 nitrogen and oxygen atoms in total. The molecule has 1 atom stereocenters. The fourth-order valence-electron chi connectivity index (χ4n) is 4.20. The lowest BCUT2D eigenvalue weighted by atomic mass is 10.0. The molecular weight excluding hydrogens is 617 g/mol. The molecule has 0 unspecified atom stereocenters. The van der Waals surface area contributed by atoms with Gasteiger partial charge in [0.2, 0.25) is 0 Å². The molecule has 0 N–H and O–H groups in total. The number of hydrogen-bond donors (Lipinski definition) is 0. The zero-order chi connectivity index (χ0) is 30.5. The number of alkyl halides is 4. The van der Waals surface area contributed by atoms with Crippen LogP contribution in [0.1, 0.15) is 53.3 Å². The quantitative estimate of drug-likeness (QED) is 0.122. The number of benzene rings is 2. The predicted octanol–water partition coefficient (Wildman–Crippen LogP) is 8.31. The number of hydrogen-bond acceptors (Lipinski definition) is 7. The van der Waals surface area contributed by atoms with E-state index in [1.807, 2.05) is 0 Å². The van der Waals surface area contributed by atoms with Crippen molar-refractivity contribution in [2.45, 2.75) is 51.4 Å². The van der Waals surface area contributed by atoms with Crippen molar-refractivity contribution in [3.8, 4) is 23.0 Å². The van der Waals surface area contributed by atoms with Gasteiger partial charge in [-0.3, -0.25) is 4.98 Å². The Kier molecular flexibility index (Phi) is 10.0. The molecule has 2 saturated carbocycles. The monoisotopic (exact) mass is 643 g/mol. The molecule has 0 amide bonds. The summed E-state index contributed by atoms with van der Waals surface area (Å²) >= 11 is 12.7. The summed E-state index contributed by atoms with van der Waals surface area (Å²) < 4.78 is 78.7. The zero-order valence-electron chi connectivity index (χ0n) is 22.6. The van der Waals surface area contributed by atoms with E-state index in [2.05, 4.69) is 14.5 Å². The molecule has 0 saturated heterocycles. The average molecular weight is 644 g/mol. The van der Waals surface area contributed by atoms with Gasteiger partial charge in [-0.25, -0.2) is 4.79 Å². The highest BCUT2D eigenvalue weighted by molar-refractivity contribution is 6.35. The summed E-state index contributed by atoms with van der Waals surface area (Å²) in [4.78, 5) is 17.4. The van der Waals surface area contributed by atoms with Gasteiger partial charge in [-0.05, 0) is 79.0 Å². The largest absolute Gasteiger partial charge is 0.489 e. The van der Waals surface area contributed by atoms with E-state index in [1.54, 1.807) is 0 Å². The van der Waals surface area contributed by atoms with Gasteiger partial charge in [-0.15, -0.1) is 0 Å². The molecule has 43 heavy (non-hydrogen) atoms. The normalized spacial score (nSPS) is 15.3. The van der Waals surface area contributed by atoms with Crippen molar-refractivity contribution < 1.29 is 46.0 Å². The molecule has 2 aliphatic carbocycles. The lowest BCUT2D eigenvalue weighted by Gasteiger charge is -2.22. The van der Waals surface area contributed by atoms with Crippen molar-refractivity contribution in [2.24, 2.45) is 11.8 Å². The second-order valence-corrected chi connectivity index (χ2v) is 11.1. The van der Waals surface area contributed by atoms with Crippen molar-refractivity contribution in [1.82, 2.24) is 4.98 Å². The standard InChI is InChI=1S/C30H27Cl2F4NO6/c31-21-12-37-13-22(32)20(21)11-25(18-5-7-23(42-29(33)34)26(9-18)39-14-16-1-2-16)41-28(38)19-6-8-24(43-30(35)36)27(10-19)40-15-17-3-4-17/h5-10,12-13,16-17,25,29-30H,1-4,11,14-15H2/t25-/m1/s1. The van der Waals surface area contributed by atoms with E-state index in [9.17, 15) is 22.4 Å². The molecule has 3 aromatic rings. The molecule has 2 fully saturated rings. The Morgan fingerprint density at radius 2 is 1.33 bits per heavy atom. The molecule has 0 spiro atoms. The summed E-state index contributed by atoms with van der Waals surface area (Å²) in [5.41, 5.74) is 0.818. The van der Waals surface area contributed by atoms with Crippen molar-refractivity contribution in [3.63, 3.8) is 0 Å². The first kappa shape index (κ1) is 31.0. The van der Waals surface area contributed by atoms with Crippen LogP contribution in [0.25, 0.3) is 0 Å². The second kappa shape index (κ2) is 13.9. The minimum absolute atomic E-state index is 0.00666. The Labute approximate surface area is 254 Å². The van der Waals surface area contributed by atoms with Gasteiger partial charge in [0.05, 0.1) is 28.8 Å². The number of pyridine rings is 1. The highest BCUT2D eigenvalue weighted by Crippen LogP contribution is 2.39. The van der Waals surface area contributed by atoms with E-state index in [0.717, 1.165) is 25.7 Å². The molecule has 230 valence electrons. The van der Waals surface area contributed by atoms with Gasteiger partial charge in [0.1, 0.15) is 6.10 Å². The Morgan fingerprint density at radius 1 is 0.791 bits per heavy atom. The average Bonchev–Trinajstić information content (AvgIpc) is 3.88. The van der Waals surface area contributed by atoms with Crippen molar-refractivity contribution in [3.05, 3.63) is 75.5 Å². The van der Waals surface area contributed by atoms with Crippen LogP contribution >= 0.6 is 23.2 Å². The van der Waals surface area contributed by atoms with E-state index in [0.29, 0.717) is 29.6 Å². The molecule has 0 bridgehead atoms. The molecule has 0 aliphatic heterocycles. The smallest absolute Gasteiger partial charge is 0.387 e. The molecule has 0 radical (unpaired) electrons. The Balaban J connectivity index is 1.45. The van der Waals surface area contributed by atoms with E-state index >= 15 is 0 Å². The van der Waals surface area contributed by atoms with Crippen LogP contribution in [0.2, 0.25) is 10.0 Å². The predicted molar refractivity (Wildman–Crippen MR) is 149 cm³/mol. The highest BCUT2D eigenvalue weighted by atomic mass is 35.5. The van der Waals surface area contributed by atoms with Crippen LogP contribution in [0, 0.1) is 11.8 Å². The van der Waals surface area contributed by atoms with Crippen molar-refractivity contribution >= 4 is 29.2 Å². The minimum atomic E-state index is -3.09. The fourth-order valence-corrected chi connectivity index (χ4v) is 4.72. The van der Waals surface area contributed by atoms with Gasteiger partial charge < -0.3 is 23.7 Å². The lowest BCUT2D eigenvalue weighted by molar-refractivity contribution is -0.0521. The number of aromatic nitrogens is 1. The van der Waals surface area contributed by atoms with Crippen LogP contribution in [-0.2, 0) is 11.2 Å². The van der Waals surface area contributed by atoms with Gasteiger partial charge in [-0.1, -0.05) is 29.3 Å². The summed E-state index contributed by atoms with van der Waals surface area (Å²) in [5, 5.41) is 0.446. The summed E-state index contributed by atoms with van der Waals surface area (Å²) in [6.45, 7) is -5.57. The fraction of sp³-hybridized carbons (Fsp3) is 0.400. The maximum Gasteiger partial charge on any atom is 0.387 e.